The molecule has 1 fully saturated rings. The lowest BCUT2D eigenvalue weighted by Gasteiger charge is -2.15. The van der Waals surface area contributed by atoms with Crippen LogP contribution in [0.1, 0.15) is 6.92 Å². The van der Waals surface area contributed by atoms with E-state index in [2.05, 4.69) is 10.4 Å². The summed E-state index contributed by atoms with van der Waals surface area (Å²) < 4.78 is 21.8. The zero-order valence-electron chi connectivity index (χ0n) is 17.0. The van der Waals surface area contributed by atoms with E-state index in [9.17, 15) is 9.59 Å². The summed E-state index contributed by atoms with van der Waals surface area (Å²) in [6.07, 6.45) is 2.57. The van der Waals surface area contributed by atoms with Crippen molar-refractivity contribution in [2.75, 3.05) is 24.2 Å². The van der Waals surface area contributed by atoms with Gasteiger partial charge in [0.2, 0.25) is 5.91 Å². The lowest BCUT2D eigenvalue weighted by molar-refractivity contribution is -0.119. The van der Waals surface area contributed by atoms with Crippen LogP contribution in [-0.2, 0) is 9.53 Å². The minimum absolute atomic E-state index is 0.206. The van der Waals surface area contributed by atoms with Crippen LogP contribution < -0.4 is 10.2 Å². The molecule has 1 saturated heterocycles. The number of rotatable bonds is 6. The number of amides is 2. The number of hydrogen-bond donors (Lipinski definition) is 1. The average Bonchev–Trinajstić information content (AvgIpc) is 3.39. The van der Waals surface area contributed by atoms with E-state index in [0.29, 0.717) is 5.69 Å². The second-order valence-corrected chi connectivity index (χ2v) is 7.93. The van der Waals surface area contributed by atoms with Crippen LogP contribution in [0.4, 0.5) is 14.9 Å². The molecule has 1 unspecified atom stereocenters. The normalized spacial score (nSPS) is 15.8. The molecule has 160 valence electrons. The molecule has 4 rings (SSSR count). The molecule has 2 heterocycles. The van der Waals surface area contributed by atoms with Gasteiger partial charge in [-0.25, -0.2) is 13.9 Å². The van der Waals surface area contributed by atoms with Gasteiger partial charge in [0.1, 0.15) is 11.8 Å². The molecule has 31 heavy (non-hydrogen) atoms. The predicted molar refractivity (Wildman–Crippen MR) is 117 cm³/mol. The zero-order valence-corrected chi connectivity index (χ0v) is 17.9. The van der Waals surface area contributed by atoms with E-state index in [1.165, 1.54) is 22.6 Å². The van der Waals surface area contributed by atoms with E-state index in [4.69, 9.17) is 4.74 Å². The van der Waals surface area contributed by atoms with Crippen molar-refractivity contribution >= 4 is 29.4 Å². The lowest BCUT2D eigenvalue weighted by atomic mass is 10.1. The van der Waals surface area contributed by atoms with Crippen LogP contribution in [0.5, 0.6) is 0 Å². The number of thioether (sulfide) groups is 1. The first-order valence-electron chi connectivity index (χ1n) is 9.67. The minimum atomic E-state index is -0.573. The molecule has 3 aromatic rings. The van der Waals surface area contributed by atoms with Crippen molar-refractivity contribution in [3.63, 3.8) is 0 Å². The fourth-order valence-electron chi connectivity index (χ4n) is 3.41. The number of hydrogen-bond acceptors (Lipinski definition) is 5. The Bertz CT molecular complexity index is 1120. The van der Waals surface area contributed by atoms with E-state index in [0.717, 1.165) is 16.2 Å². The quantitative estimate of drug-likeness (QED) is 0.589. The minimum Gasteiger partial charge on any atom is -0.442 e. The first kappa shape index (κ1) is 20.9. The molecule has 0 aliphatic carbocycles. The number of halogens is 1. The molecule has 1 atom stereocenters. The molecular weight excluding hydrogens is 419 g/mol. The summed E-state index contributed by atoms with van der Waals surface area (Å²) >= 11 is 1.65. The fourth-order valence-corrected chi connectivity index (χ4v) is 3.82. The van der Waals surface area contributed by atoms with Gasteiger partial charge in [-0.05, 0) is 42.7 Å². The molecule has 0 bridgehead atoms. The molecule has 2 aromatic carbocycles. The van der Waals surface area contributed by atoms with Crippen molar-refractivity contribution in [1.82, 2.24) is 15.1 Å². The van der Waals surface area contributed by atoms with E-state index in [1.54, 1.807) is 30.1 Å². The maximum atomic E-state index is 15.1. The third-order valence-corrected chi connectivity index (χ3v) is 5.70. The summed E-state index contributed by atoms with van der Waals surface area (Å²) in [5.74, 6) is -0.718. The SMILES string of the molecule is CSc1ccc(-c2ccnn2-c2ccc(N3CC(CNC(C)=O)OC3=O)cc2F)cc1. The highest BCUT2D eigenvalue weighted by atomic mass is 32.2. The van der Waals surface area contributed by atoms with Crippen molar-refractivity contribution in [2.24, 2.45) is 0 Å². The molecule has 9 heteroatoms. The van der Waals surface area contributed by atoms with Crippen LogP contribution in [0.2, 0.25) is 0 Å². The predicted octanol–water partition coefficient (Wildman–Crippen LogP) is 3.86. The monoisotopic (exact) mass is 440 g/mol. The van der Waals surface area contributed by atoms with Crippen molar-refractivity contribution in [1.29, 1.82) is 0 Å². The van der Waals surface area contributed by atoms with Gasteiger partial charge < -0.3 is 10.1 Å². The van der Waals surface area contributed by atoms with Gasteiger partial charge in [0.05, 0.1) is 30.7 Å². The number of aromatic nitrogens is 2. The van der Waals surface area contributed by atoms with E-state index in [-0.39, 0.29) is 24.7 Å². The summed E-state index contributed by atoms with van der Waals surface area (Å²) in [6, 6.07) is 14.3. The van der Waals surface area contributed by atoms with Crippen LogP contribution in [-0.4, -0.2) is 47.2 Å². The number of carbonyl (C=O) groups is 2. The second kappa shape index (κ2) is 8.81. The van der Waals surface area contributed by atoms with Crippen LogP contribution in [0.3, 0.4) is 0 Å². The Kier molecular flexibility index (Phi) is 5.94. The van der Waals surface area contributed by atoms with Gasteiger partial charge in [0, 0.05) is 17.4 Å². The maximum Gasteiger partial charge on any atom is 0.414 e. The van der Waals surface area contributed by atoms with Gasteiger partial charge in [-0.2, -0.15) is 5.10 Å². The lowest BCUT2D eigenvalue weighted by Crippen LogP contribution is -2.33. The number of carbonyl (C=O) groups excluding carboxylic acids is 2. The van der Waals surface area contributed by atoms with Gasteiger partial charge >= 0.3 is 6.09 Å². The molecule has 2 amide bonds. The van der Waals surface area contributed by atoms with E-state index in [1.807, 2.05) is 36.6 Å². The number of nitrogens with zero attached hydrogens (tertiary/aromatic N) is 3. The summed E-state index contributed by atoms with van der Waals surface area (Å²) in [5, 5.41) is 6.91. The number of anilines is 1. The van der Waals surface area contributed by atoms with Gasteiger partial charge in [0.25, 0.3) is 0 Å². The summed E-state index contributed by atoms with van der Waals surface area (Å²) in [4.78, 5) is 25.8. The van der Waals surface area contributed by atoms with Gasteiger partial charge in [0.15, 0.2) is 5.82 Å². The van der Waals surface area contributed by atoms with Gasteiger partial charge in [-0.15, -0.1) is 11.8 Å². The Balaban J connectivity index is 1.57. The molecular formula is C22H21FN4O3S. The van der Waals surface area contributed by atoms with Crippen LogP contribution in [0.25, 0.3) is 16.9 Å². The van der Waals surface area contributed by atoms with Crippen LogP contribution in [0, 0.1) is 5.82 Å². The van der Waals surface area contributed by atoms with Crippen molar-refractivity contribution in [3.8, 4) is 16.9 Å². The third-order valence-electron chi connectivity index (χ3n) is 4.95. The van der Waals surface area contributed by atoms with Gasteiger partial charge in [-0.1, -0.05) is 12.1 Å². The molecule has 1 N–H and O–H groups in total. The van der Waals surface area contributed by atoms with Gasteiger partial charge in [-0.3, -0.25) is 9.69 Å². The number of ether oxygens (including phenoxy) is 1. The average molecular weight is 441 g/mol. The summed E-state index contributed by atoms with van der Waals surface area (Å²) in [5.41, 5.74) is 2.34. The molecule has 1 aliphatic rings. The summed E-state index contributed by atoms with van der Waals surface area (Å²) in [6.45, 7) is 1.83. The molecule has 7 nitrogen and oxygen atoms in total. The van der Waals surface area contributed by atoms with E-state index >= 15 is 4.39 Å². The smallest absolute Gasteiger partial charge is 0.414 e. The zero-order chi connectivity index (χ0) is 22.0. The number of benzene rings is 2. The Morgan fingerprint density at radius 3 is 2.71 bits per heavy atom. The topological polar surface area (TPSA) is 76.5 Å². The van der Waals surface area contributed by atoms with Crippen molar-refractivity contribution < 1.29 is 18.7 Å². The van der Waals surface area contributed by atoms with Crippen LogP contribution >= 0.6 is 11.8 Å². The van der Waals surface area contributed by atoms with Crippen LogP contribution in [0.15, 0.2) is 59.6 Å². The highest BCUT2D eigenvalue weighted by Gasteiger charge is 2.32. The fraction of sp³-hybridized carbons (Fsp3) is 0.227. The Labute approximate surface area is 183 Å². The molecule has 0 radical (unpaired) electrons. The molecule has 1 aromatic heterocycles. The van der Waals surface area contributed by atoms with Crippen molar-refractivity contribution in [3.05, 3.63) is 60.5 Å². The summed E-state index contributed by atoms with van der Waals surface area (Å²) in [7, 11) is 0. The molecule has 0 saturated carbocycles. The first-order chi connectivity index (χ1) is 15.0. The highest BCUT2D eigenvalue weighted by molar-refractivity contribution is 7.98. The Morgan fingerprint density at radius 1 is 1.26 bits per heavy atom. The highest BCUT2D eigenvalue weighted by Crippen LogP contribution is 2.29. The second-order valence-electron chi connectivity index (χ2n) is 7.05. The Hall–Kier alpha value is -3.33. The Morgan fingerprint density at radius 2 is 2.03 bits per heavy atom. The first-order valence-corrected chi connectivity index (χ1v) is 10.9. The number of cyclic esters (lactones) is 1. The third kappa shape index (κ3) is 4.41. The molecule has 0 spiro atoms. The number of nitrogens with one attached hydrogen (secondary N) is 1. The largest absolute Gasteiger partial charge is 0.442 e. The standard InChI is InChI=1S/C22H21FN4O3S/c1-14(28)24-12-17-13-26(22(29)30-17)16-5-8-21(19(23)11-16)27-20(9-10-25-27)15-3-6-18(31-2)7-4-15/h3-11,17H,12-13H2,1-2H3,(H,24,28). The molecule has 1 aliphatic heterocycles. The van der Waals surface area contributed by atoms with E-state index < -0.39 is 18.0 Å². The maximum absolute atomic E-state index is 15.1. The van der Waals surface area contributed by atoms with Crippen molar-refractivity contribution in [2.45, 2.75) is 17.9 Å².